The first-order chi connectivity index (χ1) is 14.8. The number of methoxy groups -OCH3 is 1. The number of carbonyl (C=O) groups is 2. The maximum atomic E-state index is 12.9. The Labute approximate surface area is 177 Å². The summed E-state index contributed by atoms with van der Waals surface area (Å²) >= 11 is 0. The molecule has 0 saturated carbocycles. The van der Waals surface area contributed by atoms with E-state index in [0.717, 1.165) is 15.9 Å². The lowest BCUT2D eigenvalue weighted by Gasteiger charge is -2.12. The van der Waals surface area contributed by atoms with Crippen molar-refractivity contribution in [2.24, 2.45) is 7.05 Å². The maximum absolute atomic E-state index is 12.9. The summed E-state index contributed by atoms with van der Waals surface area (Å²) in [6.45, 7) is 0.287. The summed E-state index contributed by atoms with van der Waals surface area (Å²) in [6, 6.07) is 11.8. The zero-order valence-electron chi connectivity index (χ0n) is 17.3. The van der Waals surface area contributed by atoms with Crippen LogP contribution in [-0.4, -0.2) is 33.2 Å². The second-order valence-corrected chi connectivity index (χ2v) is 7.06. The number of benzene rings is 2. The summed E-state index contributed by atoms with van der Waals surface area (Å²) in [5.74, 6) is -0.639. The quantitative estimate of drug-likeness (QED) is 0.565. The van der Waals surface area contributed by atoms with Crippen molar-refractivity contribution in [2.75, 3.05) is 7.11 Å². The van der Waals surface area contributed by atoms with Gasteiger partial charge in [0.25, 0.3) is 11.5 Å². The number of aryl methyl sites for hydroxylation is 1. The Morgan fingerprint density at radius 3 is 2.45 bits per heavy atom. The summed E-state index contributed by atoms with van der Waals surface area (Å²) < 4.78 is 7.43. The molecule has 0 fully saturated rings. The Kier molecular flexibility index (Phi) is 6.54. The van der Waals surface area contributed by atoms with Gasteiger partial charge in [-0.15, -0.1) is 0 Å². The normalized spacial score (nSPS) is 10.8. The third-order valence-corrected chi connectivity index (χ3v) is 5.00. The lowest BCUT2D eigenvalue weighted by Crippen LogP contribution is -2.39. The Bertz CT molecular complexity index is 1240. The zero-order valence-corrected chi connectivity index (χ0v) is 17.3. The molecule has 31 heavy (non-hydrogen) atoms. The van der Waals surface area contributed by atoms with Gasteiger partial charge in [-0.3, -0.25) is 23.5 Å². The van der Waals surface area contributed by atoms with E-state index < -0.39 is 17.2 Å². The molecule has 0 atom stereocenters. The van der Waals surface area contributed by atoms with Crippen molar-refractivity contribution < 1.29 is 19.4 Å². The summed E-state index contributed by atoms with van der Waals surface area (Å²) in [7, 11) is 3.10. The molecule has 0 aliphatic rings. The van der Waals surface area contributed by atoms with Crippen molar-refractivity contribution in [1.82, 2.24) is 14.5 Å². The topological polar surface area (TPSA) is 120 Å². The molecule has 0 saturated heterocycles. The van der Waals surface area contributed by atoms with E-state index in [1.54, 1.807) is 31.4 Å². The molecule has 3 aromatic rings. The van der Waals surface area contributed by atoms with Gasteiger partial charge in [0.1, 0.15) is 5.75 Å². The number of ether oxygens (including phenoxy) is 1. The van der Waals surface area contributed by atoms with Crippen molar-refractivity contribution in [3.05, 3.63) is 74.4 Å². The molecule has 3 rings (SSSR count). The second-order valence-electron chi connectivity index (χ2n) is 7.06. The molecular formula is C22H23N3O6. The first kappa shape index (κ1) is 21.8. The summed E-state index contributed by atoms with van der Waals surface area (Å²) in [6.07, 6.45) is -0.000534. The smallest absolute Gasteiger partial charge is 0.331 e. The van der Waals surface area contributed by atoms with E-state index in [-0.39, 0.29) is 36.2 Å². The number of aliphatic carboxylic acids is 1. The van der Waals surface area contributed by atoms with E-state index in [1.807, 2.05) is 12.1 Å². The minimum atomic E-state index is -0.999. The molecular weight excluding hydrogens is 402 g/mol. The number of nitrogens with one attached hydrogen (secondary N) is 1. The number of aromatic nitrogens is 2. The van der Waals surface area contributed by atoms with E-state index in [4.69, 9.17) is 9.84 Å². The molecule has 0 bridgehead atoms. The highest BCUT2D eigenvalue weighted by Gasteiger charge is 2.14. The van der Waals surface area contributed by atoms with Gasteiger partial charge in [0.15, 0.2) is 0 Å². The van der Waals surface area contributed by atoms with Crippen LogP contribution in [0.2, 0.25) is 0 Å². The molecule has 9 heteroatoms. The molecule has 0 aliphatic carbocycles. The van der Waals surface area contributed by atoms with Crippen LogP contribution in [0, 0.1) is 0 Å². The third kappa shape index (κ3) is 4.82. The van der Waals surface area contributed by atoms with Crippen LogP contribution in [0.4, 0.5) is 0 Å². The summed E-state index contributed by atoms with van der Waals surface area (Å²) in [5, 5.41) is 11.8. The van der Waals surface area contributed by atoms with Crippen LogP contribution in [0.3, 0.4) is 0 Å². The highest BCUT2D eigenvalue weighted by molar-refractivity contribution is 5.97. The van der Waals surface area contributed by atoms with Gasteiger partial charge in [0.2, 0.25) is 0 Å². The van der Waals surface area contributed by atoms with E-state index in [9.17, 15) is 19.2 Å². The Morgan fingerprint density at radius 1 is 1.10 bits per heavy atom. The Hall–Kier alpha value is -3.88. The van der Waals surface area contributed by atoms with E-state index in [1.165, 1.54) is 17.7 Å². The van der Waals surface area contributed by atoms with Crippen molar-refractivity contribution >= 4 is 22.8 Å². The molecule has 1 heterocycles. The first-order valence-corrected chi connectivity index (χ1v) is 9.68. The standard InChI is InChI=1S/C22H23N3O6/c1-24-18-10-7-15(20(28)23-13-14-5-8-16(31-2)9-6-14)12-17(18)21(29)25(22(24)30)11-3-4-19(26)27/h5-10,12H,3-4,11,13H2,1-2H3,(H,23,28)(H,26,27). The number of hydrogen-bond donors (Lipinski definition) is 2. The number of carbonyl (C=O) groups excluding carboxylic acids is 1. The monoisotopic (exact) mass is 425 g/mol. The van der Waals surface area contributed by atoms with Gasteiger partial charge in [-0.2, -0.15) is 0 Å². The number of carboxylic acid groups (broad SMARTS) is 1. The minimum Gasteiger partial charge on any atom is -0.497 e. The molecule has 2 aromatic carbocycles. The highest BCUT2D eigenvalue weighted by atomic mass is 16.5. The molecule has 0 spiro atoms. The fourth-order valence-electron chi connectivity index (χ4n) is 3.27. The maximum Gasteiger partial charge on any atom is 0.331 e. The molecule has 162 valence electrons. The number of nitrogens with zero attached hydrogens (tertiary/aromatic N) is 2. The summed E-state index contributed by atoms with van der Waals surface area (Å²) in [5.41, 5.74) is 0.496. The number of rotatable bonds is 8. The largest absolute Gasteiger partial charge is 0.497 e. The van der Waals surface area contributed by atoms with Crippen molar-refractivity contribution in [3.63, 3.8) is 0 Å². The van der Waals surface area contributed by atoms with Gasteiger partial charge in [0, 0.05) is 32.1 Å². The zero-order chi connectivity index (χ0) is 22.5. The van der Waals surface area contributed by atoms with E-state index >= 15 is 0 Å². The van der Waals surface area contributed by atoms with Gasteiger partial charge in [0.05, 0.1) is 18.0 Å². The molecule has 0 aliphatic heterocycles. The average molecular weight is 425 g/mol. The van der Waals surface area contributed by atoms with Crippen molar-refractivity contribution in [2.45, 2.75) is 25.9 Å². The minimum absolute atomic E-state index is 0.0123. The van der Waals surface area contributed by atoms with Crippen LogP contribution >= 0.6 is 0 Å². The Morgan fingerprint density at radius 2 is 1.81 bits per heavy atom. The molecule has 1 aromatic heterocycles. The van der Waals surface area contributed by atoms with E-state index in [0.29, 0.717) is 12.1 Å². The van der Waals surface area contributed by atoms with Crippen molar-refractivity contribution in [1.29, 1.82) is 0 Å². The molecule has 0 unspecified atom stereocenters. The second kappa shape index (κ2) is 9.29. The summed E-state index contributed by atoms with van der Waals surface area (Å²) in [4.78, 5) is 48.7. The number of fused-ring (bicyclic) bond motifs is 1. The predicted molar refractivity (Wildman–Crippen MR) is 114 cm³/mol. The highest BCUT2D eigenvalue weighted by Crippen LogP contribution is 2.13. The number of carboxylic acids is 1. The third-order valence-electron chi connectivity index (χ3n) is 5.00. The van der Waals surface area contributed by atoms with Crippen molar-refractivity contribution in [3.8, 4) is 5.75 Å². The molecule has 2 N–H and O–H groups in total. The number of amides is 1. The van der Waals surface area contributed by atoms with Crippen LogP contribution in [0.5, 0.6) is 5.75 Å². The lowest BCUT2D eigenvalue weighted by molar-refractivity contribution is -0.137. The molecule has 9 nitrogen and oxygen atoms in total. The van der Waals surface area contributed by atoms with Gasteiger partial charge in [-0.1, -0.05) is 12.1 Å². The van der Waals surface area contributed by atoms with Crippen LogP contribution in [0.1, 0.15) is 28.8 Å². The predicted octanol–water partition coefficient (Wildman–Crippen LogP) is 1.50. The SMILES string of the molecule is COc1ccc(CNC(=O)c2ccc3c(c2)c(=O)n(CCCC(=O)O)c(=O)n3C)cc1. The van der Waals surface area contributed by atoms with E-state index in [2.05, 4.69) is 5.32 Å². The molecule has 1 amide bonds. The van der Waals surface area contributed by atoms with Crippen LogP contribution < -0.4 is 21.3 Å². The van der Waals surface area contributed by atoms with Gasteiger partial charge < -0.3 is 15.2 Å². The fraction of sp³-hybridized carbons (Fsp3) is 0.273. The van der Waals surface area contributed by atoms with Crippen LogP contribution in [-0.2, 0) is 24.9 Å². The number of hydrogen-bond acceptors (Lipinski definition) is 5. The Balaban J connectivity index is 1.86. The van der Waals surface area contributed by atoms with Crippen LogP contribution in [0.15, 0.2) is 52.1 Å². The first-order valence-electron chi connectivity index (χ1n) is 9.68. The lowest BCUT2D eigenvalue weighted by atomic mass is 10.1. The van der Waals surface area contributed by atoms with Gasteiger partial charge >= 0.3 is 11.7 Å². The van der Waals surface area contributed by atoms with Gasteiger partial charge in [-0.05, 0) is 42.3 Å². The van der Waals surface area contributed by atoms with Crippen LogP contribution in [0.25, 0.3) is 10.9 Å². The molecule has 0 radical (unpaired) electrons. The van der Waals surface area contributed by atoms with Gasteiger partial charge in [-0.25, -0.2) is 4.79 Å². The average Bonchev–Trinajstić information content (AvgIpc) is 2.78. The fourth-order valence-corrected chi connectivity index (χ4v) is 3.27.